The molecule has 1 heterocycles. The third-order valence-corrected chi connectivity index (χ3v) is 4.15. The lowest BCUT2D eigenvalue weighted by Gasteiger charge is -2.38. The first-order valence-electron chi connectivity index (χ1n) is 7.98. The van der Waals surface area contributed by atoms with E-state index in [0.29, 0.717) is 12.1 Å². The van der Waals surface area contributed by atoms with Crippen molar-refractivity contribution in [2.75, 3.05) is 20.1 Å². The number of aliphatic imine (C=N–C) groups is 1. The Bertz CT molecular complexity index is 449. The highest BCUT2D eigenvalue weighted by atomic mass is 127. The summed E-state index contributed by atoms with van der Waals surface area (Å²) in [6.45, 7) is 7.51. The number of guanidine groups is 1. The van der Waals surface area contributed by atoms with E-state index in [1.807, 2.05) is 7.05 Å². The van der Waals surface area contributed by atoms with Crippen LogP contribution in [0.15, 0.2) is 35.3 Å². The molecule has 2 atom stereocenters. The lowest BCUT2D eigenvalue weighted by atomic mass is 9.97. The van der Waals surface area contributed by atoms with Gasteiger partial charge in [-0.2, -0.15) is 0 Å². The Morgan fingerprint density at radius 2 is 2.05 bits per heavy atom. The van der Waals surface area contributed by atoms with Crippen LogP contribution in [0, 0.1) is 0 Å². The van der Waals surface area contributed by atoms with E-state index >= 15 is 0 Å². The second kappa shape index (κ2) is 10.0. The molecule has 5 heteroatoms. The molecular formula is C17H29IN4. The molecule has 0 saturated carbocycles. The maximum absolute atomic E-state index is 4.26. The summed E-state index contributed by atoms with van der Waals surface area (Å²) >= 11 is 0. The first-order valence-corrected chi connectivity index (χ1v) is 7.98. The molecule has 1 saturated heterocycles. The summed E-state index contributed by atoms with van der Waals surface area (Å²) in [7, 11) is 1.83. The highest BCUT2D eigenvalue weighted by Crippen LogP contribution is 2.19. The fourth-order valence-electron chi connectivity index (χ4n) is 2.96. The molecule has 1 aliphatic heterocycles. The SMILES string of the molecule is CCNC(=NC)NC1CCN(Cc2ccccc2)C(C)C1.I. The van der Waals surface area contributed by atoms with Crippen molar-refractivity contribution in [2.45, 2.75) is 45.3 Å². The zero-order chi connectivity index (χ0) is 15.1. The van der Waals surface area contributed by atoms with Crippen LogP contribution in [0.4, 0.5) is 0 Å². The minimum absolute atomic E-state index is 0. The number of hydrogen-bond acceptors (Lipinski definition) is 2. The molecule has 0 aromatic heterocycles. The van der Waals surface area contributed by atoms with E-state index in [0.717, 1.165) is 32.0 Å². The average Bonchev–Trinajstić information content (AvgIpc) is 2.50. The monoisotopic (exact) mass is 416 g/mol. The Kier molecular flexibility index (Phi) is 8.78. The Labute approximate surface area is 151 Å². The van der Waals surface area contributed by atoms with Gasteiger partial charge in [0.05, 0.1) is 0 Å². The minimum atomic E-state index is 0. The molecule has 1 aliphatic rings. The number of nitrogens with zero attached hydrogens (tertiary/aromatic N) is 2. The first kappa shape index (κ1) is 19.2. The van der Waals surface area contributed by atoms with Gasteiger partial charge in [-0.3, -0.25) is 9.89 Å². The third kappa shape index (κ3) is 5.76. The molecule has 1 fully saturated rings. The van der Waals surface area contributed by atoms with Gasteiger partial charge in [0.25, 0.3) is 0 Å². The first-order chi connectivity index (χ1) is 10.2. The van der Waals surface area contributed by atoms with Crippen LogP contribution in [0.1, 0.15) is 32.3 Å². The fraction of sp³-hybridized carbons (Fsp3) is 0.588. The van der Waals surface area contributed by atoms with Crippen molar-refractivity contribution in [1.29, 1.82) is 0 Å². The maximum atomic E-state index is 4.26. The number of hydrogen-bond donors (Lipinski definition) is 2. The van der Waals surface area contributed by atoms with Crippen LogP contribution in [-0.2, 0) is 6.54 Å². The van der Waals surface area contributed by atoms with Crippen LogP contribution in [-0.4, -0.2) is 43.1 Å². The Hall–Kier alpha value is -0.820. The predicted molar refractivity (Wildman–Crippen MR) is 105 cm³/mol. The molecule has 0 spiro atoms. The molecule has 22 heavy (non-hydrogen) atoms. The second-order valence-corrected chi connectivity index (χ2v) is 5.77. The van der Waals surface area contributed by atoms with Gasteiger partial charge in [-0.05, 0) is 32.3 Å². The van der Waals surface area contributed by atoms with Gasteiger partial charge in [0.1, 0.15) is 0 Å². The summed E-state index contributed by atoms with van der Waals surface area (Å²) < 4.78 is 0. The molecular weight excluding hydrogens is 387 g/mol. The lowest BCUT2D eigenvalue weighted by molar-refractivity contribution is 0.134. The molecule has 124 valence electrons. The highest BCUT2D eigenvalue weighted by molar-refractivity contribution is 14.0. The second-order valence-electron chi connectivity index (χ2n) is 5.77. The van der Waals surface area contributed by atoms with Crippen LogP contribution < -0.4 is 10.6 Å². The van der Waals surface area contributed by atoms with Gasteiger partial charge in [-0.25, -0.2) is 0 Å². The third-order valence-electron chi connectivity index (χ3n) is 4.15. The van der Waals surface area contributed by atoms with Gasteiger partial charge in [0.2, 0.25) is 0 Å². The quantitative estimate of drug-likeness (QED) is 0.451. The molecule has 0 radical (unpaired) electrons. The highest BCUT2D eigenvalue weighted by Gasteiger charge is 2.25. The Morgan fingerprint density at radius 3 is 2.64 bits per heavy atom. The van der Waals surface area contributed by atoms with E-state index < -0.39 is 0 Å². The van der Waals surface area contributed by atoms with Crippen molar-refractivity contribution < 1.29 is 0 Å². The number of halogens is 1. The molecule has 2 rings (SSSR count). The van der Waals surface area contributed by atoms with Gasteiger partial charge < -0.3 is 10.6 Å². The molecule has 0 amide bonds. The summed E-state index contributed by atoms with van der Waals surface area (Å²) in [5, 5.41) is 6.80. The van der Waals surface area contributed by atoms with Crippen LogP contribution in [0.5, 0.6) is 0 Å². The molecule has 0 bridgehead atoms. The van der Waals surface area contributed by atoms with Gasteiger partial charge in [-0.15, -0.1) is 24.0 Å². The van der Waals surface area contributed by atoms with Gasteiger partial charge in [-0.1, -0.05) is 30.3 Å². The van der Waals surface area contributed by atoms with Crippen molar-refractivity contribution in [3.63, 3.8) is 0 Å². The van der Waals surface area contributed by atoms with Crippen molar-refractivity contribution in [2.24, 2.45) is 4.99 Å². The summed E-state index contributed by atoms with van der Waals surface area (Å²) in [4.78, 5) is 6.84. The van der Waals surface area contributed by atoms with Crippen molar-refractivity contribution >= 4 is 29.9 Å². The fourth-order valence-corrected chi connectivity index (χ4v) is 2.96. The van der Waals surface area contributed by atoms with Gasteiger partial charge in [0, 0.05) is 38.8 Å². The van der Waals surface area contributed by atoms with E-state index in [1.54, 1.807) is 0 Å². The number of benzene rings is 1. The van der Waals surface area contributed by atoms with Crippen LogP contribution >= 0.6 is 24.0 Å². The van der Waals surface area contributed by atoms with Gasteiger partial charge in [0.15, 0.2) is 5.96 Å². The van der Waals surface area contributed by atoms with Crippen LogP contribution in [0.2, 0.25) is 0 Å². The molecule has 0 aliphatic carbocycles. The largest absolute Gasteiger partial charge is 0.357 e. The Morgan fingerprint density at radius 1 is 1.32 bits per heavy atom. The summed E-state index contributed by atoms with van der Waals surface area (Å²) in [6, 6.07) is 11.9. The summed E-state index contributed by atoms with van der Waals surface area (Å²) in [5.41, 5.74) is 1.40. The number of nitrogens with one attached hydrogen (secondary N) is 2. The van der Waals surface area contributed by atoms with Crippen molar-refractivity contribution in [3.8, 4) is 0 Å². The number of rotatable bonds is 4. The molecule has 2 unspecified atom stereocenters. The zero-order valence-corrected chi connectivity index (χ0v) is 16.2. The van der Waals surface area contributed by atoms with E-state index in [4.69, 9.17) is 0 Å². The average molecular weight is 416 g/mol. The van der Waals surface area contributed by atoms with E-state index in [9.17, 15) is 0 Å². The van der Waals surface area contributed by atoms with Crippen LogP contribution in [0.3, 0.4) is 0 Å². The number of likely N-dealkylation sites (tertiary alicyclic amines) is 1. The van der Waals surface area contributed by atoms with E-state index in [1.165, 1.54) is 12.0 Å². The van der Waals surface area contributed by atoms with E-state index in [-0.39, 0.29) is 24.0 Å². The van der Waals surface area contributed by atoms with Crippen LogP contribution in [0.25, 0.3) is 0 Å². The topological polar surface area (TPSA) is 39.7 Å². The summed E-state index contributed by atoms with van der Waals surface area (Å²) in [6.07, 6.45) is 2.33. The smallest absolute Gasteiger partial charge is 0.191 e. The normalized spacial score (nSPS) is 22.8. The molecule has 2 N–H and O–H groups in total. The lowest BCUT2D eigenvalue weighted by Crippen LogP contribution is -2.51. The molecule has 4 nitrogen and oxygen atoms in total. The number of piperidine rings is 1. The molecule has 1 aromatic carbocycles. The van der Waals surface area contributed by atoms with E-state index in [2.05, 4.69) is 64.7 Å². The predicted octanol–water partition coefficient (Wildman–Crippen LogP) is 2.84. The van der Waals surface area contributed by atoms with Gasteiger partial charge >= 0.3 is 0 Å². The molecule has 1 aromatic rings. The zero-order valence-electron chi connectivity index (χ0n) is 13.9. The Balaban J connectivity index is 0.00000242. The van der Waals surface area contributed by atoms with Crippen molar-refractivity contribution in [3.05, 3.63) is 35.9 Å². The summed E-state index contributed by atoms with van der Waals surface area (Å²) in [5.74, 6) is 0.922. The van der Waals surface area contributed by atoms with Crippen molar-refractivity contribution in [1.82, 2.24) is 15.5 Å². The minimum Gasteiger partial charge on any atom is -0.357 e. The maximum Gasteiger partial charge on any atom is 0.191 e. The standard InChI is InChI=1S/C17H28N4.HI/c1-4-19-17(18-3)20-16-10-11-21(14(2)12-16)13-15-8-6-5-7-9-15;/h5-9,14,16H,4,10-13H2,1-3H3,(H2,18,19,20);1H.